The Morgan fingerprint density at radius 1 is 0.633 bits per heavy atom. The lowest BCUT2D eigenvalue weighted by Crippen LogP contribution is -2.54. The van der Waals surface area contributed by atoms with Crippen LogP contribution in [0.3, 0.4) is 0 Å². The molecule has 2 aliphatic carbocycles. The molecule has 8 heterocycles. The highest BCUT2D eigenvalue weighted by Crippen LogP contribution is 2.48. The van der Waals surface area contributed by atoms with Crippen LogP contribution in [0, 0.1) is 0 Å². The van der Waals surface area contributed by atoms with Crippen LogP contribution in [0.25, 0.3) is 42.9 Å². The van der Waals surface area contributed by atoms with E-state index < -0.39 is 0 Å². The number of hydrogen-bond donors (Lipinski definition) is 1. The summed E-state index contributed by atoms with van der Waals surface area (Å²) in [7, 11) is 2.81. The zero-order valence-electron chi connectivity index (χ0n) is 43.4. The maximum Gasteiger partial charge on any atom is 0.337 e. The summed E-state index contributed by atoms with van der Waals surface area (Å²) < 4.78 is 23.0. The Bertz CT molecular complexity index is 3530. The van der Waals surface area contributed by atoms with Crippen molar-refractivity contribution in [1.82, 2.24) is 30.5 Å². The number of benzene rings is 4. The molecular weight excluding hydrogens is 1130 g/mol. The summed E-state index contributed by atoms with van der Waals surface area (Å²) in [6.45, 7) is 5.00. The highest BCUT2D eigenvalue weighted by molar-refractivity contribution is 7.22. The number of anilines is 2. The van der Waals surface area contributed by atoms with Gasteiger partial charge in [0.1, 0.15) is 29.2 Å². The Labute approximate surface area is 484 Å². The minimum atomic E-state index is -0.321. The molecule has 4 saturated heterocycles. The van der Waals surface area contributed by atoms with Gasteiger partial charge in [-0.3, -0.25) is 4.90 Å². The second-order valence-corrected chi connectivity index (χ2v) is 24.6. The van der Waals surface area contributed by atoms with Crippen LogP contribution in [0.15, 0.2) is 81.8 Å². The number of piperazine rings is 2. The van der Waals surface area contributed by atoms with Crippen molar-refractivity contribution in [3.63, 3.8) is 0 Å². The Morgan fingerprint density at radius 2 is 1.08 bits per heavy atom. The zero-order valence-corrected chi connectivity index (χ0v) is 48.0. The topological polar surface area (TPSA) is 169 Å². The normalized spacial score (nSPS) is 20.5. The van der Waals surface area contributed by atoms with Crippen LogP contribution in [-0.2, 0) is 27.1 Å². The molecule has 14 rings (SSSR count). The predicted octanol–water partition coefficient (Wildman–Crippen LogP) is 13.1. The number of carbonyl (C=O) groups excluding carboxylic acids is 3. The minimum Gasteiger partial charge on any atom is -0.465 e. The summed E-state index contributed by atoms with van der Waals surface area (Å²) in [5.41, 5.74) is 7.77. The lowest BCUT2D eigenvalue weighted by Gasteiger charge is -2.41. The van der Waals surface area contributed by atoms with Crippen molar-refractivity contribution in [2.45, 2.75) is 100 Å². The van der Waals surface area contributed by atoms with Crippen molar-refractivity contribution in [3.05, 3.63) is 127 Å². The first-order valence-corrected chi connectivity index (χ1v) is 29.9. The lowest BCUT2D eigenvalue weighted by molar-refractivity contribution is -0.107. The fraction of sp³-hybridized carbons (Fsp3) is 0.397. The second-order valence-electron chi connectivity index (χ2n) is 21.0. The molecule has 0 spiro atoms. The number of aromatic nitrogens is 4. The molecule has 4 aromatic heterocycles. The number of halogens is 4. The highest BCUT2D eigenvalue weighted by atomic mass is 35.5. The summed E-state index contributed by atoms with van der Waals surface area (Å²) in [6.07, 6.45) is 11.2. The van der Waals surface area contributed by atoms with Crippen molar-refractivity contribution in [1.29, 1.82) is 0 Å². The van der Waals surface area contributed by atoms with Gasteiger partial charge in [-0.25, -0.2) is 19.6 Å². The SMILES string of the molecule is COC(=O)c1ccc2nc(N3C4CCC3CN(CCc3c(-c5c(Cl)cccc5Cl)noc3C3CC3)C4)sc2c1.COC(=O)c1ccc2nc(N3C4CCC3CNC4)sc2c1.O=CCc1c(-c2c(Cl)cccc2Cl)noc1C1CC1. The van der Waals surface area contributed by atoms with Gasteiger partial charge >= 0.3 is 11.9 Å². The number of thiazole rings is 2. The van der Waals surface area contributed by atoms with E-state index in [0.29, 0.717) is 78.5 Å². The van der Waals surface area contributed by atoms with E-state index in [1.165, 1.54) is 27.1 Å². The minimum absolute atomic E-state index is 0.270. The van der Waals surface area contributed by atoms with Gasteiger partial charge in [0.25, 0.3) is 0 Å². The summed E-state index contributed by atoms with van der Waals surface area (Å²) in [6, 6.07) is 24.0. The highest BCUT2D eigenvalue weighted by Gasteiger charge is 2.42. The van der Waals surface area contributed by atoms with Crippen LogP contribution < -0.4 is 15.1 Å². The number of nitrogens with zero attached hydrogens (tertiary/aromatic N) is 7. The molecule has 4 aliphatic heterocycles. The monoisotopic (exact) mass is 1180 g/mol. The number of aldehydes is 1. The number of esters is 2. The van der Waals surface area contributed by atoms with Gasteiger partial charge < -0.3 is 38.4 Å². The van der Waals surface area contributed by atoms with Crippen LogP contribution in [0.4, 0.5) is 10.3 Å². The largest absolute Gasteiger partial charge is 0.465 e. The Balaban J connectivity index is 0.000000131. The number of nitrogens with one attached hydrogen (secondary N) is 1. The van der Waals surface area contributed by atoms with Crippen LogP contribution >= 0.6 is 69.1 Å². The van der Waals surface area contributed by atoms with Crippen LogP contribution in [-0.4, -0.2) is 115 Å². The van der Waals surface area contributed by atoms with E-state index in [1.54, 1.807) is 53.0 Å². The number of hydrogen-bond acceptors (Lipinski definition) is 17. The van der Waals surface area contributed by atoms with Gasteiger partial charge in [0.15, 0.2) is 10.3 Å². The molecule has 15 nitrogen and oxygen atoms in total. The fourth-order valence-corrected chi connectivity index (χ4v) is 15.2. The molecule has 6 fully saturated rings. The second kappa shape index (κ2) is 23.1. The van der Waals surface area contributed by atoms with Crippen LogP contribution in [0.2, 0.25) is 20.1 Å². The number of fused-ring (bicyclic) bond motifs is 6. The smallest absolute Gasteiger partial charge is 0.337 e. The van der Waals surface area contributed by atoms with Gasteiger partial charge in [-0.15, -0.1) is 0 Å². The third-order valence-electron chi connectivity index (χ3n) is 15.9. The number of methoxy groups -OCH3 is 2. The summed E-state index contributed by atoms with van der Waals surface area (Å²) in [5.74, 6) is 2.03. The van der Waals surface area contributed by atoms with E-state index in [1.807, 2.05) is 42.5 Å². The molecule has 4 atom stereocenters. The molecule has 4 unspecified atom stereocenters. The first kappa shape index (κ1) is 54.0. The summed E-state index contributed by atoms with van der Waals surface area (Å²) in [4.78, 5) is 51.8. The van der Waals surface area contributed by atoms with Gasteiger partial charge in [-0.2, -0.15) is 0 Å². The number of carbonyl (C=O) groups is 3. The first-order chi connectivity index (χ1) is 38.5. The van der Waals surface area contributed by atoms with Gasteiger partial charge in [0.05, 0.1) is 65.9 Å². The maximum atomic E-state index is 12.0. The van der Waals surface area contributed by atoms with Gasteiger partial charge in [0, 0.05) is 97.4 Å². The summed E-state index contributed by atoms with van der Waals surface area (Å²) in [5, 5.41) is 16.4. The van der Waals surface area contributed by atoms with Crippen molar-refractivity contribution in [2.75, 3.05) is 56.7 Å². The molecule has 2 saturated carbocycles. The van der Waals surface area contributed by atoms with Gasteiger partial charge in [-0.1, -0.05) is 91.5 Å². The van der Waals surface area contributed by atoms with Crippen molar-refractivity contribution in [3.8, 4) is 22.5 Å². The average Bonchev–Trinajstić information content (AvgIpc) is 4.32. The quantitative estimate of drug-likeness (QED) is 0.0854. The Hall–Kier alpha value is -5.63. The average molecular weight is 1180 g/mol. The zero-order chi connectivity index (χ0) is 54.5. The molecule has 6 aliphatic rings. The lowest BCUT2D eigenvalue weighted by atomic mass is 10.0. The first-order valence-electron chi connectivity index (χ1n) is 26.7. The van der Waals surface area contributed by atoms with E-state index >= 15 is 0 Å². The Morgan fingerprint density at radius 3 is 1.53 bits per heavy atom. The molecule has 21 heteroatoms. The molecule has 4 aromatic carbocycles. The third-order valence-corrected chi connectivity index (χ3v) is 19.2. The molecule has 1 N–H and O–H groups in total. The predicted molar refractivity (Wildman–Crippen MR) is 311 cm³/mol. The molecule has 0 amide bonds. The van der Waals surface area contributed by atoms with Gasteiger partial charge in [-0.05, 0) is 118 Å². The van der Waals surface area contributed by atoms with Gasteiger partial charge in [0.2, 0.25) is 0 Å². The van der Waals surface area contributed by atoms with E-state index in [-0.39, 0.29) is 18.4 Å². The molecule has 79 heavy (non-hydrogen) atoms. The fourth-order valence-electron chi connectivity index (χ4n) is 11.7. The van der Waals surface area contributed by atoms with E-state index in [4.69, 9.17) is 74.9 Å². The molecular formula is C58H56Cl4N8O7S2. The van der Waals surface area contributed by atoms with E-state index in [0.717, 1.165) is 149 Å². The number of rotatable bonds is 13. The third kappa shape index (κ3) is 11.0. The molecule has 410 valence electrons. The number of likely N-dealkylation sites (tertiary alicyclic amines) is 1. The molecule has 0 radical (unpaired) electrons. The maximum absolute atomic E-state index is 12.0. The van der Waals surface area contributed by atoms with Crippen LogP contribution in [0.5, 0.6) is 0 Å². The molecule has 8 aromatic rings. The molecule has 4 bridgehead atoms. The van der Waals surface area contributed by atoms with Crippen molar-refractivity contribution >= 4 is 118 Å². The number of ether oxygens (including phenoxy) is 2. The van der Waals surface area contributed by atoms with E-state index in [9.17, 15) is 14.4 Å². The Kier molecular flexibility index (Phi) is 15.8. The van der Waals surface area contributed by atoms with Crippen molar-refractivity contribution in [2.24, 2.45) is 0 Å². The van der Waals surface area contributed by atoms with Crippen LogP contribution in [0.1, 0.15) is 107 Å². The van der Waals surface area contributed by atoms with E-state index in [2.05, 4.69) is 30.3 Å². The standard InChI is InChI=1S/C29H28Cl2N4O3S.C15H17N3O2S.C14H11Cl2NO2/c1-37-28(36)17-7-10-23-24(13-17)39-29(32-23)35-18-8-9-19(35)15-34(14-18)12-11-20-26(33-38-27(20)16-5-6-16)25-21(30)3-2-4-22(25)31;1-20-14(19)9-2-5-12-13(6-9)21-15(17-12)18-10-3-4-11(18)8-16-7-10;15-10-2-1-3-11(16)12(10)13-9(6-7-18)14(19-17-13)8-4-5-8/h2-4,7,10,13,16,18-19H,5-6,8-9,11-12,14-15H2,1H3;2,5-6,10-11,16H,3-4,7-8H2,1H3;1-3,7-8H,4-6H2. The summed E-state index contributed by atoms with van der Waals surface area (Å²) >= 11 is 28.8. The van der Waals surface area contributed by atoms with Crippen molar-refractivity contribution < 1.29 is 32.9 Å².